The Hall–Kier alpha value is -3.08. The van der Waals surface area contributed by atoms with Gasteiger partial charge < -0.3 is 5.11 Å². The van der Waals surface area contributed by atoms with Gasteiger partial charge in [0.25, 0.3) is 11.7 Å². The first kappa shape index (κ1) is 20.2. The molecule has 1 saturated heterocycles. The first-order valence-electron chi connectivity index (χ1n) is 9.26. The second kappa shape index (κ2) is 7.98. The van der Waals surface area contributed by atoms with E-state index in [1.165, 1.54) is 4.90 Å². The summed E-state index contributed by atoms with van der Waals surface area (Å²) in [5.74, 6) is -1.71. The van der Waals surface area contributed by atoms with Crippen LogP contribution in [0.3, 0.4) is 0 Å². The zero-order chi connectivity index (χ0) is 21.4. The third kappa shape index (κ3) is 3.49. The minimum Gasteiger partial charge on any atom is -0.507 e. The van der Waals surface area contributed by atoms with Gasteiger partial charge >= 0.3 is 0 Å². The van der Waals surface area contributed by atoms with Crippen molar-refractivity contribution in [1.82, 2.24) is 0 Å². The zero-order valence-electron chi connectivity index (χ0n) is 16.0. The van der Waals surface area contributed by atoms with Crippen LogP contribution in [-0.2, 0) is 9.59 Å². The Bertz CT molecular complexity index is 1170. The van der Waals surface area contributed by atoms with Gasteiger partial charge in [-0.3, -0.25) is 14.5 Å². The molecule has 1 amide bonds. The largest absolute Gasteiger partial charge is 0.507 e. The average Bonchev–Trinajstić information content (AvgIpc) is 3.01. The molecule has 1 N–H and O–H groups in total. The van der Waals surface area contributed by atoms with Crippen molar-refractivity contribution in [2.24, 2.45) is 0 Å². The molecule has 0 spiro atoms. The Kier molecular flexibility index (Phi) is 5.37. The molecule has 0 bridgehead atoms. The van der Waals surface area contributed by atoms with Gasteiger partial charge in [-0.2, -0.15) is 0 Å². The number of anilines is 1. The SMILES string of the molecule is Cc1ccc(N2C(=O)C(=O)/C(=C(/O)c3ccccc3)C2c2ccc(Cl)cc2)cc1Cl. The number of hydrogen-bond acceptors (Lipinski definition) is 3. The van der Waals surface area contributed by atoms with Gasteiger partial charge in [-0.05, 0) is 42.3 Å². The lowest BCUT2D eigenvalue weighted by Crippen LogP contribution is -2.29. The molecule has 1 aliphatic heterocycles. The fourth-order valence-corrected chi connectivity index (χ4v) is 3.84. The van der Waals surface area contributed by atoms with E-state index in [9.17, 15) is 14.7 Å². The highest BCUT2D eigenvalue weighted by Gasteiger charge is 2.47. The van der Waals surface area contributed by atoms with Crippen molar-refractivity contribution in [2.45, 2.75) is 13.0 Å². The minimum absolute atomic E-state index is 0.0187. The van der Waals surface area contributed by atoms with Crippen LogP contribution in [0.15, 0.2) is 78.4 Å². The Morgan fingerprint density at radius 3 is 2.23 bits per heavy atom. The first-order valence-corrected chi connectivity index (χ1v) is 10.0. The second-order valence-electron chi connectivity index (χ2n) is 7.02. The predicted octanol–water partition coefficient (Wildman–Crippen LogP) is 5.93. The van der Waals surface area contributed by atoms with E-state index >= 15 is 0 Å². The summed E-state index contributed by atoms with van der Waals surface area (Å²) in [5.41, 5.74) is 2.44. The van der Waals surface area contributed by atoms with Crippen LogP contribution in [0.5, 0.6) is 0 Å². The van der Waals surface area contributed by atoms with E-state index in [-0.39, 0.29) is 11.3 Å². The molecule has 0 saturated carbocycles. The summed E-state index contributed by atoms with van der Waals surface area (Å²) in [6, 6.07) is 19.9. The maximum atomic E-state index is 13.1. The summed E-state index contributed by atoms with van der Waals surface area (Å²) in [5, 5.41) is 12.0. The lowest BCUT2D eigenvalue weighted by molar-refractivity contribution is -0.132. The molecule has 0 radical (unpaired) electrons. The number of ketones is 1. The monoisotopic (exact) mass is 437 g/mol. The number of aryl methyl sites for hydroxylation is 1. The maximum absolute atomic E-state index is 13.1. The fraction of sp³-hybridized carbons (Fsp3) is 0.0833. The molecule has 1 unspecified atom stereocenters. The van der Waals surface area contributed by atoms with Crippen molar-refractivity contribution in [2.75, 3.05) is 4.90 Å². The number of hydrogen-bond donors (Lipinski definition) is 1. The number of halogens is 2. The lowest BCUT2D eigenvalue weighted by atomic mass is 9.95. The van der Waals surface area contributed by atoms with E-state index in [4.69, 9.17) is 23.2 Å². The van der Waals surface area contributed by atoms with Crippen molar-refractivity contribution >= 4 is 46.3 Å². The second-order valence-corrected chi connectivity index (χ2v) is 7.86. The normalized spacial score (nSPS) is 18.1. The number of Topliss-reactive ketones (excluding diaryl/α,β-unsaturated/α-hetero) is 1. The Morgan fingerprint density at radius 2 is 1.60 bits per heavy atom. The summed E-state index contributed by atoms with van der Waals surface area (Å²) in [6.45, 7) is 1.85. The number of carbonyl (C=O) groups excluding carboxylic acids is 2. The van der Waals surface area contributed by atoms with Crippen LogP contribution in [0.4, 0.5) is 5.69 Å². The Morgan fingerprint density at radius 1 is 0.933 bits per heavy atom. The number of aliphatic hydroxyl groups excluding tert-OH is 1. The highest BCUT2D eigenvalue weighted by Crippen LogP contribution is 2.43. The van der Waals surface area contributed by atoms with Crippen molar-refractivity contribution in [1.29, 1.82) is 0 Å². The third-order valence-electron chi connectivity index (χ3n) is 5.11. The molecule has 3 aromatic rings. The quantitative estimate of drug-likeness (QED) is 0.313. The van der Waals surface area contributed by atoms with E-state index in [2.05, 4.69) is 0 Å². The van der Waals surface area contributed by atoms with Crippen LogP contribution in [0.1, 0.15) is 22.7 Å². The lowest BCUT2D eigenvalue weighted by Gasteiger charge is -2.26. The number of aliphatic hydroxyl groups is 1. The molecular formula is C24H17Cl2NO3. The molecular weight excluding hydrogens is 421 g/mol. The molecule has 3 aromatic carbocycles. The highest BCUT2D eigenvalue weighted by molar-refractivity contribution is 6.51. The van der Waals surface area contributed by atoms with Gasteiger partial charge in [0.1, 0.15) is 5.76 Å². The summed E-state index contributed by atoms with van der Waals surface area (Å²) in [6.07, 6.45) is 0. The van der Waals surface area contributed by atoms with Gasteiger partial charge in [0.05, 0.1) is 11.6 Å². The van der Waals surface area contributed by atoms with Gasteiger partial charge in [0.2, 0.25) is 0 Å². The number of rotatable bonds is 3. The summed E-state index contributed by atoms with van der Waals surface area (Å²) in [7, 11) is 0. The first-order chi connectivity index (χ1) is 14.4. The molecule has 4 rings (SSSR count). The fourth-order valence-electron chi connectivity index (χ4n) is 3.54. The average molecular weight is 438 g/mol. The van der Waals surface area contributed by atoms with E-state index in [1.807, 2.05) is 6.92 Å². The minimum atomic E-state index is -0.818. The molecule has 1 aliphatic rings. The van der Waals surface area contributed by atoms with Crippen molar-refractivity contribution in [3.8, 4) is 0 Å². The van der Waals surface area contributed by atoms with Crippen molar-refractivity contribution in [3.05, 3.63) is 105 Å². The smallest absolute Gasteiger partial charge is 0.300 e. The molecule has 0 aromatic heterocycles. The standard InChI is InChI=1S/C24H17Cl2NO3/c1-14-7-12-18(13-19(14)26)27-21(15-8-10-17(25)11-9-15)20(23(29)24(27)30)22(28)16-5-3-2-4-6-16/h2-13,21,28H,1H3/b22-20+. The number of carbonyl (C=O) groups is 2. The topological polar surface area (TPSA) is 57.6 Å². The predicted molar refractivity (Wildman–Crippen MR) is 119 cm³/mol. The van der Waals surface area contributed by atoms with Gasteiger partial charge in [-0.15, -0.1) is 0 Å². The molecule has 1 fully saturated rings. The van der Waals surface area contributed by atoms with Crippen LogP contribution in [0.25, 0.3) is 5.76 Å². The van der Waals surface area contributed by atoms with Gasteiger partial charge in [0.15, 0.2) is 0 Å². The number of amides is 1. The summed E-state index contributed by atoms with van der Waals surface area (Å²) in [4.78, 5) is 27.5. The van der Waals surface area contributed by atoms with E-state index < -0.39 is 17.7 Å². The third-order valence-corrected chi connectivity index (χ3v) is 5.77. The van der Waals surface area contributed by atoms with E-state index in [0.29, 0.717) is 26.9 Å². The molecule has 6 heteroatoms. The highest BCUT2D eigenvalue weighted by atomic mass is 35.5. The zero-order valence-corrected chi connectivity index (χ0v) is 17.5. The van der Waals surface area contributed by atoms with Crippen molar-refractivity contribution in [3.63, 3.8) is 0 Å². The summed E-state index contributed by atoms with van der Waals surface area (Å²) < 4.78 is 0. The van der Waals surface area contributed by atoms with Crippen LogP contribution < -0.4 is 4.90 Å². The van der Waals surface area contributed by atoms with Crippen LogP contribution in [0.2, 0.25) is 10.0 Å². The van der Waals surface area contributed by atoms with Crippen LogP contribution in [-0.4, -0.2) is 16.8 Å². The molecule has 1 atom stereocenters. The van der Waals surface area contributed by atoms with Gasteiger partial charge in [0, 0.05) is 21.3 Å². The Balaban J connectivity index is 1.95. The van der Waals surface area contributed by atoms with E-state index in [0.717, 1.165) is 5.56 Å². The van der Waals surface area contributed by atoms with E-state index in [1.54, 1.807) is 72.8 Å². The molecule has 1 heterocycles. The van der Waals surface area contributed by atoms with Gasteiger partial charge in [-0.1, -0.05) is 71.7 Å². The van der Waals surface area contributed by atoms with Crippen LogP contribution >= 0.6 is 23.2 Å². The molecule has 0 aliphatic carbocycles. The van der Waals surface area contributed by atoms with Crippen LogP contribution in [0, 0.1) is 6.92 Å². The Labute approximate surface area is 184 Å². The van der Waals surface area contributed by atoms with Crippen molar-refractivity contribution < 1.29 is 14.7 Å². The summed E-state index contributed by atoms with van der Waals surface area (Å²) >= 11 is 12.3. The number of nitrogens with zero attached hydrogens (tertiary/aromatic N) is 1. The van der Waals surface area contributed by atoms with Gasteiger partial charge in [-0.25, -0.2) is 0 Å². The molecule has 4 nitrogen and oxygen atoms in total. The molecule has 150 valence electrons. The molecule has 30 heavy (non-hydrogen) atoms. The number of benzene rings is 3. The maximum Gasteiger partial charge on any atom is 0.300 e.